The number of nitrogens with one attached hydrogen (secondary N) is 2. The molecule has 0 aliphatic heterocycles. The monoisotopic (exact) mass is 295 g/mol. The van der Waals surface area contributed by atoms with E-state index in [4.69, 9.17) is 10.4 Å². The van der Waals surface area contributed by atoms with Gasteiger partial charge in [-0.05, 0) is 18.2 Å². The van der Waals surface area contributed by atoms with Gasteiger partial charge < -0.3 is 15.2 Å². The van der Waals surface area contributed by atoms with Gasteiger partial charge in [0, 0.05) is 0 Å². The second-order valence-electron chi connectivity index (χ2n) is 3.70. The fourth-order valence-corrected chi connectivity index (χ4v) is 1.23. The van der Waals surface area contributed by atoms with Crippen molar-refractivity contribution in [3.8, 4) is 6.07 Å². The highest BCUT2D eigenvalue weighted by Gasteiger charge is 2.11. The molecule has 0 aliphatic rings. The van der Waals surface area contributed by atoms with Crippen molar-refractivity contribution < 1.29 is 28.6 Å². The van der Waals surface area contributed by atoms with Gasteiger partial charge in [0.25, 0.3) is 5.91 Å². The smallest absolute Gasteiger partial charge is 0.329 e. The van der Waals surface area contributed by atoms with Crippen LogP contribution in [0.2, 0.25) is 0 Å². The number of ether oxygens (including phenoxy) is 1. The molecule has 0 aromatic heterocycles. The molecule has 3 N–H and O–H groups in total. The van der Waals surface area contributed by atoms with E-state index >= 15 is 0 Å². The number of rotatable bonds is 5. The number of nitrogens with zero attached hydrogens (tertiary/aromatic N) is 1. The number of hydrogen-bond donors (Lipinski definition) is 3. The molecular formula is C12H10FN3O5. The second kappa shape index (κ2) is 7.56. The average molecular weight is 295 g/mol. The molecular weight excluding hydrogens is 285 g/mol. The van der Waals surface area contributed by atoms with Gasteiger partial charge in [0.05, 0.1) is 17.3 Å². The van der Waals surface area contributed by atoms with Gasteiger partial charge in [-0.1, -0.05) is 0 Å². The van der Waals surface area contributed by atoms with Gasteiger partial charge in [-0.2, -0.15) is 5.26 Å². The summed E-state index contributed by atoms with van der Waals surface area (Å²) in [6, 6.07) is 4.09. The largest absolute Gasteiger partial charge is 0.480 e. The van der Waals surface area contributed by atoms with E-state index in [0.717, 1.165) is 6.07 Å². The Labute approximate surface area is 118 Å². The zero-order valence-electron chi connectivity index (χ0n) is 10.6. The highest BCUT2D eigenvalue weighted by atomic mass is 19.1. The van der Waals surface area contributed by atoms with E-state index in [-0.39, 0.29) is 11.3 Å². The Kier molecular flexibility index (Phi) is 5.79. The summed E-state index contributed by atoms with van der Waals surface area (Å²) < 4.78 is 17.9. The molecule has 0 radical (unpaired) electrons. The topological polar surface area (TPSA) is 129 Å². The molecule has 1 aromatic rings. The number of aliphatic carboxylic acids is 1. The number of carbonyl (C=O) groups excluding carboxylic acids is 2. The lowest BCUT2D eigenvalue weighted by Crippen LogP contribution is -2.37. The van der Waals surface area contributed by atoms with Crippen LogP contribution in [0.5, 0.6) is 0 Å². The first-order valence-electron chi connectivity index (χ1n) is 5.52. The molecule has 0 spiro atoms. The summed E-state index contributed by atoms with van der Waals surface area (Å²) in [7, 11) is 0. The van der Waals surface area contributed by atoms with E-state index in [2.05, 4.69) is 10.1 Å². The van der Waals surface area contributed by atoms with Gasteiger partial charge in [0.1, 0.15) is 19.0 Å². The lowest BCUT2D eigenvalue weighted by atomic mass is 10.2. The van der Waals surface area contributed by atoms with Gasteiger partial charge in [-0.25, -0.2) is 14.0 Å². The van der Waals surface area contributed by atoms with Crippen LogP contribution in [-0.4, -0.2) is 36.2 Å². The molecule has 3 amide bonds. The normalized spacial score (nSPS) is 9.52. The van der Waals surface area contributed by atoms with E-state index in [1.807, 2.05) is 5.32 Å². The van der Waals surface area contributed by atoms with Crippen molar-refractivity contribution >= 4 is 23.6 Å². The lowest BCUT2D eigenvalue weighted by molar-refractivity contribution is -0.143. The number of carbonyl (C=O) groups is 3. The second-order valence-corrected chi connectivity index (χ2v) is 3.70. The predicted octanol–water partition coefficient (Wildman–Crippen LogP) is 0.447. The number of carboxylic acid groups (broad SMARTS) is 1. The maximum absolute atomic E-state index is 13.5. The van der Waals surface area contributed by atoms with Crippen LogP contribution >= 0.6 is 0 Å². The minimum Gasteiger partial charge on any atom is -0.480 e. The molecule has 0 aliphatic carbocycles. The van der Waals surface area contributed by atoms with Crippen LogP contribution in [0.25, 0.3) is 0 Å². The van der Waals surface area contributed by atoms with Crippen LogP contribution in [-0.2, 0) is 14.3 Å². The zero-order chi connectivity index (χ0) is 15.8. The summed E-state index contributed by atoms with van der Waals surface area (Å²) >= 11 is 0. The first kappa shape index (κ1) is 16.1. The SMILES string of the molecule is N#Cc1ccc(NC(=O)NC(=O)COCC(=O)O)c(F)c1. The van der Waals surface area contributed by atoms with Crippen LogP contribution in [0.4, 0.5) is 14.9 Å². The third-order valence-corrected chi connectivity index (χ3v) is 2.06. The number of carboxylic acids is 1. The number of urea groups is 1. The van der Waals surface area contributed by atoms with Gasteiger partial charge in [-0.15, -0.1) is 0 Å². The van der Waals surface area contributed by atoms with Crippen LogP contribution < -0.4 is 10.6 Å². The van der Waals surface area contributed by atoms with Gasteiger partial charge >= 0.3 is 12.0 Å². The number of halogens is 1. The average Bonchev–Trinajstić information content (AvgIpc) is 2.40. The van der Waals surface area contributed by atoms with Crippen molar-refractivity contribution in [2.75, 3.05) is 18.5 Å². The van der Waals surface area contributed by atoms with Crippen molar-refractivity contribution in [1.29, 1.82) is 5.26 Å². The third kappa shape index (κ3) is 5.66. The fraction of sp³-hybridized carbons (Fsp3) is 0.167. The van der Waals surface area contributed by atoms with Crippen molar-refractivity contribution in [2.24, 2.45) is 0 Å². The Morgan fingerprint density at radius 2 is 2.05 bits per heavy atom. The van der Waals surface area contributed by atoms with E-state index in [9.17, 15) is 18.8 Å². The van der Waals surface area contributed by atoms with E-state index in [1.54, 1.807) is 6.07 Å². The van der Waals surface area contributed by atoms with Crippen LogP contribution in [0, 0.1) is 17.1 Å². The first-order chi connectivity index (χ1) is 9.92. The highest BCUT2D eigenvalue weighted by molar-refractivity contribution is 6.01. The Balaban J connectivity index is 2.48. The summed E-state index contributed by atoms with van der Waals surface area (Å²) in [6.45, 7) is -1.31. The Bertz CT molecular complexity index is 611. The molecule has 9 heteroatoms. The predicted molar refractivity (Wildman–Crippen MR) is 66.7 cm³/mol. The van der Waals surface area contributed by atoms with Gasteiger partial charge in [0.2, 0.25) is 0 Å². The maximum atomic E-state index is 13.5. The van der Waals surface area contributed by atoms with Gasteiger partial charge in [-0.3, -0.25) is 10.1 Å². The molecule has 1 aromatic carbocycles. The molecule has 0 bridgehead atoms. The number of imide groups is 1. The molecule has 21 heavy (non-hydrogen) atoms. The lowest BCUT2D eigenvalue weighted by Gasteiger charge is -2.07. The van der Waals surface area contributed by atoms with Crippen LogP contribution in [0.3, 0.4) is 0 Å². The third-order valence-electron chi connectivity index (χ3n) is 2.06. The number of amides is 3. The molecule has 1 rings (SSSR count). The molecule has 0 heterocycles. The van der Waals surface area contributed by atoms with Gasteiger partial charge in [0.15, 0.2) is 0 Å². The van der Waals surface area contributed by atoms with Crippen LogP contribution in [0.1, 0.15) is 5.56 Å². The molecule has 0 fully saturated rings. The quantitative estimate of drug-likeness (QED) is 0.723. The summed E-state index contributed by atoms with van der Waals surface area (Å²) in [6.07, 6.45) is 0. The molecule has 0 saturated heterocycles. The van der Waals surface area contributed by atoms with Crippen molar-refractivity contribution in [3.63, 3.8) is 0 Å². The Morgan fingerprint density at radius 3 is 2.62 bits per heavy atom. The van der Waals surface area contributed by atoms with Crippen molar-refractivity contribution in [3.05, 3.63) is 29.6 Å². The molecule has 8 nitrogen and oxygen atoms in total. The number of nitriles is 1. The van der Waals surface area contributed by atoms with Crippen molar-refractivity contribution in [1.82, 2.24) is 5.32 Å². The standard InChI is InChI=1S/C12H10FN3O5/c13-8-3-7(4-14)1-2-9(8)15-12(20)16-10(17)5-21-6-11(18)19/h1-3H,5-6H2,(H,18,19)(H2,15,16,17,20). The zero-order valence-corrected chi connectivity index (χ0v) is 10.6. The number of hydrogen-bond acceptors (Lipinski definition) is 5. The minimum absolute atomic E-state index is 0.0802. The summed E-state index contributed by atoms with van der Waals surface area (Å²) in [5.41, 5.74) is -0.137. The summed E-state index contributed by atoms with van der Waals surface area (Å²) in [4.78, 5) is 32.7. The molecule has 110 valence electrons. The van der Waals surface area contributed by atoms with E-state index < -0.39 is 36.9 Å². The first-order valence-corrected chi connectivity index (χ1v) is 5.52. The van der Waals surface area contributed by atoms with E-state index in [1.165, 1.54) is 12.1 Å². The minimum atomic E-state index is -1.26. The summed E-state index contributed by atoms with van der Waals surface area (Å²) in [5, 5.41) is 20.7. The molecule has 0 saturated carbocycles. The highest BCUT2D eigenvalue weighted by Crippen LogP contribution is 2.14. The molecule has 0 unspecified atom stereocenters. The number of anilines is 1. The molecule has 0 atom stereocenters. The van der Waals surface area contributed by atoms with Crippen molar-refractivity contribution in [2.45, 2.75) is 0 Å². The number of benzene rings is 1. The Hall–Kier alpha value is -2.99. The maximum Gasteiger partial charge on any atom is 0.329 e. The fourth-order valence-electron chi connectivity index (χ4n) is 1.23. The van der Waals surface area contributed by atoms with Crippen LogP contribution in [0.15, 0.2) is 18.2 Å². The summed E-state index contributed by atoms with van der Waals surface area (Å²) in [5.74, 6) is -2.98. The Morgan fingerprint density at radius 1 is 1.33 bits per heavy atom. The van der Waals surface area contributed by atoms with E-state index in [0.29, 0.717) is 0 Å².